The van der Waals surface area contributed by atoms with Gasteiger partial charge in [0.15, 0.2) is 0 Å². The van der Waals surface area contributed by atoms with Crippen molar-refractivity contribution in [3.05, 3.63) is 17.5 Å². The third-order valence-electron chi connectivity index (χ3n) is 1.62. The first-order valence-electron chi connectivity index (χ1n) is 4.07. The number of rotatable bonds is 4. The van der Waals surface area contributed by atoms with Gasteiger partial charge in [-0.25, -0.2) is 4.98 Å². The van der Waals surface area contributed by atoms with Crippen LogP contribution >= 0.6 is 11.6 Å². The molecule has 14 heavy (non-hydrogen) atoms. The molecule has 0 saturated heterocycles. The van der Waals surface area contributed by atoms with E-state index in [0.717, 1.165) is 0 Å². The molecule has 0 aliphatic rings. The fourth-order valence-electron chi connectivity index (χ4n) is 1.00. The predicted octanol–water partition coefficient (Wildman–Crippen LogP) is 1.04. The quantitative estimate of drug-likeness (QED) is 0.813. The van der Waals surface area contributed by atoms with Crippen LogP contribution in [0.25, 0.3) is 0 Å². The molecule has 0 fully saturated rings. The molecule has 1 rings (SSSR count). The number of hydrogen-bond donors (Lipinski definition) is 1. The molecule has 0 aliphatic heterocycles. The van der Waals surface area contributed by atoms with Gasteiger partial charge in [0.05, 0.1) is 12.4 Å². The van der Waals surface area contributed by atoms with E-state index in [9.17, 15) is 4.79 Å². The van der Waals surface area contributed by atoms with Gasteiger partial charge in [-0.15, -0.1) is 0 Å². The second-order valence-electron chi connectivity index (χ2n) is 2.61. The van der Waals surface area contributed by atoms with E-state index < -0.39 is 5.97 Å². The molecule has 0 saturated carbocycles. The highest BCUT2D eigenvalue weighted by Crippen LogP contribution is 2.11. The third-order valence-corrected chi connectivity index (χ3v) is 1.81. The first-order chi connectivity index (χ1) is 6.63. The zero-order chi connectivity index (χ0) is 10.6. The summed E-state index contributed by atoms with van der Waals surface area (Å²) in [4.78, 5) is 19.9. The van der Waals surface area contributed by atoms with Crippen LogP contribution in [0.1, 0.15) is 6.92 Å². The van der Waals surface area contributed by atoms with Crippen LogP contribution in [0.3, 0.4) is 0 Å². The Hall–Kier alpha value is -1.36. The van der Waals surface area contributed by atoms with Crippen molar-refractivity contribution in [1.29, 1.82) is 0 Å². The summed E-state index contributed by atoms with van der Waals surface area (Å²) in [5.74, 6) is -0.434. The van der Waals surface area contributed by atoms with E-state index in [1.54, 1.807) is 4.90 Å². The number of halogens is 1. The summed E-state index contributed by atoms with van der Waals surface area (Å²) >= 11 is 5.63. The monoisotopic (exact) mass is 215 g/mol. The number of aromatic nitrogens is 2. The van der Waals surface area contributed by atoms with Crippen LogP contribution in [0.4, 0.5) is 5.82 Å². The van der Waals surface area contributed by atoms with E-state index in [4.69, 9.17) is 16.7 Å². The lowest BCUT2D eigenvalue weighted by Gasteiger charge is -2.18. The predicted molar refractivity (Wildman–Crippen MR) is 52.6 cm³/mol. The molecule has 0 unspecified atom stereocenters. The molecule has 0 atom stereocenters. The van der Waals surface area contributed by atoms with Crippen molar-refractivity contribution in [2.75, 3.05) is 18.0 Å². The van der Waals surface area contributed by atoms with Gasteiger partial charge < -0.3 is 10.0 Å². The molecule has 0 radical (unpaired) electrons. The van der Waals surface area contributed by atoms with Gasteiger partial charge in [-0.1, -0.05) is 11.6 Å². The van der Waals surface area contributed by atoms with Crippen molar-refractivity contribution in [2.24, 2.45) is 0 Å². The Morgan fingerprint density at radius 2 is 2.36 bits per heavy atom. The molecule has 0 aromatic carbocycles. The molecular formula is C8H10ClN3O2. The molecule has 1 aromatic heterocycles. The highest BCUT2D eigenvalue weighted by Gasteiger charge is 2.10. The van der Waals surface area contributed by atoms with Gasteiger partial charge in [-0.2, -0.15) is 0 Å². The molecule has 0 bridgehead atoms. The van der Waals surface area contributed by atoms with Gasteiger partial charge in [0.1, 0.15) is 17.5 Å². The minimum Gasteiger partial charge on any atom is -0.480 e. The minimum atomic E-state index is -0.909. The molecule has 0 spiro atoms. The standard InChI is InChI=1S/C8H10ClN3O2/c1-2-12(5-8(13)14)7-4-10-3-6(9)11-7/h3-4H,2,5H2,1H3,(H,13,14). The summed E-state index contributed by atoms with van der Waals surface area (Å²) in [6.45, 7) is 2.28. The van der Waals surface area contributed by atoms with Crippen LogP contribution in [-0.4, -0.2) is 34.1 Å². The molecule has 5 nitrogen and oxygen atoms in total. The molecule has 6 heteroatoms. The van der Waals surface area contributed by atoms with E-state index in [2.05, 4.69) is 9.97 Å². The second-order valence-corrected chi connectivity index (χ2v) is 3.00. The summed E-state index contributed by atoms with van der Waals surface area (Å²) < 4.78 is 0. The Morgan fingerprint density at radius 3 is 2.86 bits per heavy atom. The Bertz CT molecular complexity index is 332. The summed E-state index contributed by atoms with van der Waals surface area (Å²) in [5.41, 5.74) is 0. The number of aliphatic carboxylic acids is 1. The van der Waals surface area contributed by atoms with Crippen molar-refractivity contribution in [3.63, 3.8) is 0 Å². The number of carbonyl (C=O) groups is 1. The van der Waals surface area contributed by atoms with E-state index >= 15 is 0 Å². The lowest BCUT2D eigenvalue weighted by atomic mass is 10.4. The first-order valence-corrected chi connectivity index (χ1v) is 4.45. The average Bonchev–Trinajstić information content (AvgIpc) is 2.14. The summed E-state index contributed by atoms with van der Waals surface area (Å²) in [7, 11) is 0. The van der Waals surface area contributed by atoms with E-state index in [1.807, 2.05) is 6.92 Å². The lowest BCUT2D eigenvalue weighted by Crippen LogP contribution is -2.30. The Kier molecular flexibility index (Phi) is 3.64. The number of nitrogens with zero attached hydrogens (tertiary/aromatic N) is 3. The average molecular weight is 216 g/mol. The zero-order valence-corrected chi connectivity index (χ0v) is 8.40. The smallest absolute Gasteiger partial charge is 0.323 e. The third kappa shape index (κ3) is 2.85. The van der Waals surface area contributed by atoms with Gasteiger partial charge in [0, 0.05) is 6.54 Å². The normalized spacial score (nSPS) is 9.86. The maximum absolute atomic E-state index is 10.5. The van der Waals surface area contributed by atoms with Gasteiger partial charge in [0.2, 0.25) is 0 Å². The van der Waals surface area contributed by atoms with Crippen molar-refractivity contribution in [3.8, 4) is 0 Å². The topological polar surface area (TPSA) is 66.3 Å². The maximum Gasteiger partial charge on any atom is 0.323 e. The zero-order valence-electron chi connectivity index (χ0n) is 7.64. The van der Waals surface area contributed by atoms with Crippen molar-refractivity contribution in [1.82, 2.24) is 9.97 Å². The fraction of sp³-hybridized carbons (Fsp3) is 0.375. The van der Waals surface area contributed by atoms with E-state index in [-0.39, 0.29) is 11.7 Å². The maximum atomic E-state index is 10.5. The summed E-state index contributed by atoms with van der Waals surface area (Å²) in [6.07, 6.45) is 2.89. The lowest BCUT2D eigenvalue weighted by molar-refractivity contribution is -0.135. The molecule has 1 aromatic rings. The van der Waals surface area contributed by atoms with Crippen molar-refractivity contribution >= 4 is 23.4 Å². The fourth-order valence-corrected chi connectivity index (χ4v) is 1.15. The highest BCUT2D eigenvalue weighted by molar-refractivity contribution is 6.29. The SMILES string of the molecule is CCN(CC(=O)O)c1cncc(Cl)n1. The van der Waals surface area contributed by atoms with Crippen LogP contribution in [0, 0.1) is 0 Å². The Labute approximate surface area is 86.3 Å². The number of carboxylic acid groups (broad SMARTS) is 1. The van der Waals surface area contributed by atoms with Gasteiger partial charge in [-0.3, -0.25) is 9.78 Å². The molecule has 0 amide bonds. The van der Waals surface area contributed by atoms with Crippen LogP contribution < -0.4 is 4.90 Å². The van der Waals surface area contributed by atoms with Crippen LogP contribution in [0.5, 0.6) is 0 Å². The first kappa shape index (κ1) is 10.7. The second kappa shape index (κ2) is 4.76. The van der Waals surface area contributed by atoms with Gasteiger partial charge in [-0.05, 0) is 6.92 Å². The molecule has 1 heterocycles. The Morgan fingerprint density at radius 1 is 1.64 bits per heavy atom. The largest absolute Gasteiger partial charge is 0.480 e. The minimum absolute atomic E-state index is 0.106. The van der Waals surface area contributed by atoms with Crippen molar-refractivity contribution < 1.29 is 9.90 Å². The van der Waals surface area contributed by atoms with Crippen LogP contribution in [0.2, 0.25) is 5.15 Å². The van der Waals surface area contributed by atoms with Gasteiger partial charge >= 0.3 is 5.97 Å². The van der Waals surface area contributed by atoms with Crippen LogP contribution in [-0.2, 0) is 4.79 Å². The molecule has 0 aliphatic carbocycles. The number of likely N-dealkylation sites (N-methyl/N-ethyl adjacent to an activating group) is 1. The van der Waals surface area contributed by atoms with Gasteiger partial charge in [0.25, 0.3) is 0 Å². The van der Waals surface area contributed by atoms with E-state index in [1.165, 1.54) is 12.4 Å². The number of carboxylic acids is 1. The summed E-state index contributed by atoms with van der Waals surface area (Å²) in [5, 5.41) is 8.88. The highest BCUT2D eigenvalue weighted by atomic mass is 35.5. The molecule has 1 N–H and O–H groups in total. The van der Waals surface area contributed by atoms with E-state index in [0.29, 0.717) is 12.4 Å². The molecule has 76 valence electrons. The number of anilines is 1. The Balaban J connectivity index is 2.83. The molecular weight excluding hydrogens is 206 g/mol. The summed E-state index contributed by atoms with van der Waals surface area (Å²) in [6, 6.07) is 0. The van der Waals surface area contributed by atoms with Crippen LogP contribution in [0.15, 0.2) is 12.4 Å². The van der Waals surface area contributed by atoms with Crippen molar-refractivity contribution in [2.45, 2.75) is 6.92 Å². The number of hydrogen-bond acceptors (Lipinski definition) is 4.